The van der Waals surface area contributed by atoms with E-state index >= 15 is 0 Å². The van der Waals surface area contributed by atoms with Crippen LogP contribution in [0.3, 0.4) is 0 Å². The van der Waals surface area contributed by atoms with Crippen LogP contribution in [-0.2, 0) is 33.8 Å². The SMILES string of the molecule is Cc1ccc(CC(=O)CCc2ccc3c(c2)CN(C2CCC(=O)NC2=O)C3=O)cc1N. The number of piperidine rings is 1. The van der Waals surface area contributed by atoms with Gasteiger partial charge in [-0.25, -0.2) is 0 Å². The largest absolute Gasteiger partial charge is 0.399 e. The molecule has 0 spiro atoms. The second-order valence-electron chi connectivity index (χ2n) is 8.30. The molecule has 0 aliphatic carbocycles. The number of imide groups is 1. The summed E-state index contributed by atoms with van der Waals surface area (Å²) in [6.45, 7) is 2.27. The Labute approximate surface area is 180 Å². The Morgan fingerprint density at radius 2 is 1.90 bits per heavy atom. The lowest BCUT2D eigenvalue weighted by molar-refractivity contribution is -0.137. The highest BCUT2D eigenvalue weighted by Gasteiger charge is 2.39. The minimum Gasteiger partial charge on any atom is -0.399 e. The Kier molecular flexibility index (Phi) is 5.59. The van der Waals surface area contributed by atoms with Gasteiger partial charge in [-0.2, -0.15) is 0 Å². The molecule has 2 aliphatic heterocycles. The molecule has 2 aromatic rings. The van der Waals surface area contributed by atoms with Crippen LogP contribution in [0.4, 0.5) is 5.69 Å². The minimum atomic E-state index is -0.621. The molecular weight excluding hydrogens is 394 g/mol. The van der Waals surface area contributed by atoms with Crippen LogP contribution in [0.2, 0.25) is 0 Å². The summed E-state index contributed by atoms with van der Waals surface area (Å²) in [4.78, 5) is 50.2. The van der Waals surface area contributed by atoms with Gasteiger partial charge in [0.2, 0.25) is 11.8 Å². The first-order chi connectivity index (χ1) is 14.8. The van der Waals surface area contributed by atoms with Gasteiger partial charge in [0.25, 0.3) is 5.91 Å². The van der Waals surface area contributed by atoms with Gasteiger partial charge in [0.1, 0.15) is 11.8 Å². The van der Waals surface area contributed by atoms with Crippen molar-refractivity contribution in [2.24, 2.45) is 0 Å². The summed E-state index contributed by atoms with van der Waals surface area (Å²) >= 11 is 0. The smallest absolute Gasteiger partial charge is 0.255 e. The molecule has 0 radical (unpaired) electrons. The average Bonchev–Trinajstić information content (AvgIpc) is 3.05. The van der Waals surface area contributed by atoms with Crippen molar-refractivity contribution >= 4 is 29.2 Å². The third kappa shape index (κ3) is 4.35. The fourth-order valence-electron chi connectivity index (χ4n) is 4.18. The van der Waals surface area contributed by atoms with E-state index in [9.17, 15) is 19.2 Å². The third-order valence-electron chi connectivity index (χ3n) is 6.03. The number of aryl methyl sites for hydroxylation is 2. The molecule has 7 nitrogen and oxygen atoms in total. The number of Topliss-reactive ketones (excluding diaryl/α,β-unsaturated/α-hetero) is 1. The van der Waals surface area contributed by atoms with E-state index in [4.69, 9.17) is 5.73 Å². The van der Waals surface area contributed by atoms with Crippen LogP contribution in [-0.4, -0.2) is 34.4 Å². The number of amides is 3. The molecule has 3 amide bonds. The number of nitrogens with two attached hydrogens (primary N) is 1. The van der Waals surface area contributed by atoms with Gasteiger partial charge >= 0.3 is 0 Å². The predicted molar refractivity (Wildman–Crippen MR) is 115 cm³/mol. The molecule has 0 aromatic heterocycles. The molecule has 31 heavy (non-hydrogen) atoms. The maximum atomic E-state index is 12.8. The summed E-state index contributed by atoms with van der Waals surface area (Å²) in [5, 5.41) is 2.31. The second-order valence-corrected chi connectivity index (χ2v) is 8.30. The van der Waals surface area contributed by atoms with Crippen LogP contribution in [0.25, 0.3) is 0 Å². The number of fused-ring (bicyclic) bond motifs is 1. The van der Waals surface area contributed by atoms with Crippen molar-refractivity contribution in [3.8, 4) is 0 Å². The monoisotopic (exact) mass is 419 g/mol. The van der Waals surface area contributed by atoms with Gasteiger partial charge in [-0.3, -0.25) is 24.5 Å². The van der Waals surface area contributed by atoms with Crippen LogP contribution in [0, 0.1) is 6.92 Å². The first kappa shape index (κ1) is 20.8. The number of carbonyl (C=O) groups excluding carboxylic acids is 4. The summed E-state index contributed by atoms with van der Waals surface area (Å²) in [7, 11) is 0. The molecule has 2 aromatic carbocycles. The molecule has 2 heterocycles. The molecule has 7 heteroatoms. The van der Waals surface area contributed by atoms with Gasteiger partial charge in [0, 0.05) is 37.1 Å². The van der Waals surface area contributed by atoms with Crippen LogP contribution in [0.15, 0.2) is 36.4 Å². The average molecular weight is 419 g/mol. The molecule has 1 unspecified atom stereocenters. The van der Waals surface area contributed by atoms with E-state index in [0.29, 0.717) is 43.5 Å². The lowest BCUT2D eigenvalue weighted by atomic mass is 9.99. The zero-order valence-corrected chi connectivity index (χ0v) is 17.4. The molecule has 0 bridgehead atoms. The van der Waals surface area contributed by atoms with Gasteiger partial charge in [0.05, 0.1) is 0 Å². The predicted octanol–water partition coefficient (Wildman–Crippen LogP) is 2.08. The Morgan fingerprint density at radius 1 is 1.13 bits per heavy atom. The van der Waals surface area contributed by atoms with Crippen LogP contribution < -0.4 is 11.1 Å². The van der Waals surface area contributed by atoms with E-state index in [0.717, 1.165) is 22.3 Å². The van der Waals surface area contributed by atoms with Gasteiger partial charge in [-0.05, 0) is 54.2 Å². The maximum Gasteiger partial charge on any atom is 0.255 e. The van der Waals surface area contributed by atoms with Gasteiger partial charge in [0.15, 0.2) is 0 Å². The summed E-state index contributed by atoms with van der Waals surface area (Å²) in [5.41, 5.74) is 10.9. The molecule has 0 saturated carbocycles. The van der Waals surface area contributed by atoms with E-state index < -0.39 is 11.9 Å². The van der Waals surface area contributed by atoms with Gasteiger partial charge in [-0.1, -0.05) is 24.3 Å². The Balaban J connectivity index is 1.38. The highest BCUT2D eigenvalue weighted by atomic mass is 16.2. The molecule has 4 rings (SSSR count). The van der Waals surface area contributed by atoms with Gasteiger partial charge in [-0.15, -0.1) is 0 Å². The summed E-state index contributed by atoms with van der Waals surface area (Å²) < 4.78 is 0. The quantitative estimate of drug-likeness (QED) is 0.550. The van der Waals surface area contributed by atoms with Crippen molar-refractivity contribution < 1.29 is 19.2 Å². The maximum absolute atomic E-state index is 12.8. The zero-order valence-electron chi connectivity index (χ0n) is 17.4. The highest BCUT2D eigenvalue weighted by molar-refractivity contribution is 6.05. The van der Waals surface area contributed by atoms with Crippen LogP contribution in [0.1, 0.15) is 51.9 Å². The van der Waals surface area contributed by atoms with Crippen molar-refractivity contribution in [1.29, 1.82) is 0 Å². The lowest BCUT2D eigenvalue weighted by Crippen LogP contribution is -2.52. The molecule has 1 fully saturated rings. The zero-order chi connectivity index (χ0) is 22.1. The van der Waals surface area contributed by atoms with Crippen molar-refractivity contribution in [1.82, 2.24) is 10.2 Å². The van der Waals surface area contributed by atoms with E-state index in [1.807, 2.05) is 37.3 Å². The fourth-order valence-corrected chi connectivity index (χ4v) is 4.18. The second kappa shape index (κ2) is 8.34. The number of hydrogen-bond donors (Lipinski definition) is 2. The molecule has 160 valence electrons. The van der Waals surface area contributed by atoms with Crippen molar-refractivity contribution in [2.75, 3.05) is 5.73 Å². The van der Waals surface area contributed by atoms with Crippen LogP contribution >= 0.6 is 0 Å². The number of hydrogen-bond acceptors (Lipinski definition) is 5. The number of ketones is 1. The van der Waals surface area contributed by atoms with Crippen molar-refractivity contribution in [2.45, 2.75) is 51.6 Å². The van der Waals surface area contributed by atoms with E-state index in [1.165, 1.54) is 4.90 Å². The number of anilines is 1. The molecular formula is C24H25N3O4. The highest BCUT2D eigenvalue weighted by Crippen LogP contribution is 2.28. The normalized spacial score (nSPS) is 18.2. The lowest BCUT2D eigenvalue weighted by Gasteiger charge is -2.29. The minimum absolute atomic E-state index is 0.130. The first-order valence-corrected chi connectivity index (χ1v) is 10.4. The van der Waals surface area contributed by atoms with Gasteiger partial charge < -0.3 is 10.6 Å². The number of nitrogens with zero attached hydrogens (tertiary/aromatic N) is 1. The Hall–Kier alpha value is -3.48. The fraction of sp³-hybridized carbons (Fsp3) is 0.333. The number of rotatable bonds is 6. The summed E-state index contributed by atoms with van der Waals surface area (Å²) in [5.74, 6) is -0.778. The third-order valence-corrected chi connectivity index (χ3v) is 6.03. The number of carbonyl (C=O) groups is 4. The molecule has 1 saturated heterocycles. The molecule has 1 atom stereocenters. The Morgan fingerprint density at radius 3 is 2.65 bits per heavy atom. The van der Waals surface area contributed by atoms with Crippen LogP contribution in [0.5, 0.6) is 0 Å². The van der Waals surface area contributed by atoms with E-state index in [-0.39, 0.29) is 24.0 Å². The number of benzene rings is 2. The summed E-state index contributed by atoms with van der Waals surface area (Å²) in [6.07, 6.45) is 1.90. The first-order valence-electron chi connectivity index (χ1n) is 10.4. The summed E-state index contributed by atoms with van der Waals surface area (Å²) in [6, 6.07) is 10.6. The van der Waals surface area contributed by atoms with Crippen molar-refractivity contribution in [3.05, 3.63) is 64.2 Å². The molecule has 2 aliphatic rings. The van der Waals surface area contributed by atoms with E-state index in [2.05, 4.69) is 5.32 Å². The standard InChI is InChI=1S/C24H25N3O4/c1-14-2-3-16(12-20(14)25)11-18(28)6-4-15-5-7-19-17(10-15)13-27(24(19)31)21-8-9-22(29)26-23(21)30/h2-3,5,7,10,12,21H,4,6,8-9,11,13,25H2,1H3,(H,26,29,30). The molecule has 3 N–H and O–H groups in total. The Bertz CT molecular complexity index is 1090. The number of nitrogens with one attached hydrogen (secondary N) is 1. The number of nitrogen functional groups attached to an aromatic ring is 1. The van der Waals surface area contributed by atoms with E-state index in [1.54, 1.807) is 6.07 Å². The van der Waals surface area contributed by atoms with Crippen molar-refractivity contribution in [3.63, 3.8) is 0 Å². The topological polar surface area (TPSA) is 110 Å².